The summed E-state index contributed by atoms with van der Waals surface area (Å²) in [6.45, 7) is 2.67. The maximum Gasteiger partial charge on any atom is 0.311 e. The van der Waals surface area contributed by atoms with Crippen LogP contribution in [0.5, 0.6) is 0 Å². The number of rotatable bonds is 4. The third-order valence-electron chi connectivity index (χ3n) is 4.11. The second-order valence-corrected chi connectivity index (χ2v) is 5.40. The van der Waals surface area contributed by atoms with Crippen LogP contribution >= 0.6 is 0 Å². The van der Waals surface area contributed by atoms with Crippen LogP contribution in [-0.2, 0) is 9.53 Å². The Labute approximate surface area is 123 Å². The summed E-state index contributed by atoms with van der Waals surface area (Å²) in [6.07, 6.45) is 0.803. The lowest BCUT2D eigenvalue weighted by atomic mass is 9.80. The van der Waals surface area contributed by atoms with E-state index in [1.54, 1.807) is 25.1 Å². The van der Waals surface area contributed by atoms with Crippen LogP contribution in [-0.4, -0.2) is 36.7 Å². The predicted octanol–water partition coefficient (Wildman–Crippen LogP) is 1.19. The zero-order valence-corrected chi connectivity index (χ0v) is 12.0. The smallest absolute Gasteiger partial charge is 0.311 e. The first-order chi connectivity index (χ1) is 9.96. The molecule has 0 atom stereocenters. The van der Waals surface area contributed by atoms with Crippen molar-refractivity contribution in [3.05, 3.63) is 29.3 Å². The van der Waals surface area contributed by atoms with Crippen LogP contribution < -0.4 is 11.1 Å². The van der Waals surface area contributed by atoms with Gasteiger partial charge in [-0.05, 0) is 37.5 Å². The molecule has 1 fully saturated rings. The van der Waals surface area contributed by atoms with Crippen molar-refractivity contribution in [1.82, 2.24) is 5.32 Å². The minimum absolute atomic E-state index is 0.0960. The fourth-order valence-corrected chi connectivity index (χ4v) is 2.47. The molecule has 1 aromatic carbocycles. The number of carboxylic acids is 1. The highest BCUT2D eigenvalue weighted by molar-refractivity contribution is 5.97. The number of amides is 1. The summed E-state index contributed by atoms with van der Waals surface area (Å²) in [7, 11) is 0. The third-order valence-corrected chi connectivity index (χ3v) is 4.11. The summed E-state index contributed by atoms with van der Waals surface area (Å²) in [6, 6.07) is 5.11. The lowest BCUT2D eigenvalue weighted by molar-refractivity contribution is -0.154. The summed E-state index contributed by atoms with van der Waals surface area (Å²) >= 11 is 0. The standard InChI is InChI=1S/C15H20N2O4/c1-10-11(3-2-4-12(10)16)13(18)17-9-15(14(19)20)5-7-21-8-6-15/h2-4H,5-9,16H2,1H3,(H,17,18)(H,19,20). The molecule has 0 aromatic heterocycles. The molecule has 4 N–H and O–H groups in total. The van der Waals surface area contributed by atoms with Gasteiger partial charge in [-0.15, -0.1) is 0 Å². The van der Waals surface area contributed by atoms with Crippen molar-refractivity contribution < 1.29 is 19.4 Å². The molecular formula is C15H20N2O4. The van der Waals surface area contributed by atoms with E-state index in [0.717, 1.165) is 0 Å². The number of ether oxygens (including phenoxy) is 1. The molecular weight excluding hydrogens is 272 g/mol. The zero-order chi connectivity index (χ0) is 15.5. The number of carbonyl (C=O) groups is 2. The van der Waals surface area contributed by atoms with Crippen molar-refractivity contribution in [2.75, 3.05) is 25.5 Å². The Morgan fingerprint density at radius 1 is 1.38 bits per heavy atom. The van der Waals surface area contributed by atoms with Gasteiger partial charge in [0.05, 0.1) is 5.41 Å². The molecule has 1 saturated heterocycles. The number of carboxylic acid groups (broad SMARTS) is 1. The quantitative estimate of drug-likeness (QED) is 0.723. The van der Waals surface area contributed by atoms with E-state index in [2.05, 4.69) is 5.32 Å². The molecule has 0 radical (unpaired) electrons. The van der Waals surface area contributed by atoms with E-state index in [9.17, 15) is 14.7 Å². The predicted molar refractivity (Wildman–Crippen MR) is 78.0 cm³/mol. The largest absolute Gasteiger partial charge is 0.481 e. The van der Waals surface area contributed by atoms with Crippen LogP contribution in [0.25, 0.3) is 0 Å². The SMILES string of the molecule is Cc1c(N)cccc1C(=O)NCC1(C(=O)O)CCOCC1. The Bertz CT molecular complexity index is 551. The molecule has 0 aliphatic carbocycles. The number of aliphatic carboxylic acids is 1. The van der Waals surface area contributed by atoms with E-state index >= 15 is 0 Å². The molecule has 0 bridgehead atoms. The van der Waals surface area contributed by atoms with Crippen molar-refractivity contribution in [1.29, 1.82) is 0 Å². The molecule has 0 unspecified atom stereocenters. The minimum Gasteiger partial charge on any atom is -0.481 e. The number of nitrogens with one attached hydrogen (secondary N) is 1. The molecule has 1 aliphatic rings. The number of nitrogens with two attached hydrogens (primary N) is 1. The highest BCUT2D eigenvalue weighted by atomic mass is 16.5. The molecule has 21 heavy (non-hydrogen) atoms. The molecule has 6 nitrogen and oxygen atoms in total. The summed E-state index contributed by atoms with van der Waals surface area (Å²) in [5.41, 5.74) is 6.56. The molecule has 1 aromatic rings. The van der Waals surface area contributed by atoms with Crippen molar-refractivity contribution in [3.8, 4) is 0 Å². The van der Waals surface area contributed by atoms with E-state index in [0.29, 0.717) is 42.9 Å². The van der Waals surface area contributed by atoms with Crippen LogP contribution in [0.2, 0.25) is 0 Å². The van der Waals surface area contributed by atoms with Gasteiger partial charge in [-0.3, -0.25) is 9.59 Å². The second-order valence-electron chi connectivity index (χ2n) is 5.40. The van der Waals surface area contributed by atoms with Crippen LogP contribution in [0.1, 0.15) is 28.8 Å². The Hall–Kier alpha value is -2.08. The van der Waals surface area contributed by atoms with E-state index in [1.807, 2.05) is 0 Å². The van der Waals surface area contributed by atoms with E-state index in [4.69, 9.17) is 10.5 Å². The number of benzene rings is 1. The van der Waals surface area contributed by atoms with E-state index in [-0.39, 0.29) is 12.5 Å². The van der Waals surface area contributed by atoms with Gasteiger partial charge in [-0.25, -0.2) is 0 Å². The zero-order valence-electron chi connectivity index (χ0n) is 12.0. The number of anilines is 1. The van der Waals surface area contributed by atoms with Crippen LogP contribution in [0.3, 0.4) is 0 Å². The van der Waals surface area contributed by atoms with Gasteiger partial charge in [0, 0.05) is 31.0 Å². The third kappa shape index (κ3) is 3.16. The summed E-state index contributed by atoms with van der Waals surface area (Å²) < 4.78 is 5.21. The number of nitrogen functional groups attached to an aromatic ring is 1. The first-order valence-electron chi connectivity index (χ1n) is 6.91. The summed E-state index contributed by atoms with van der Waals surface area (Å²) in [5.74, 6) is -1.19. The minimum atomic E-state index is -0.942. The number of hydrogen-bond acceptors (Lipinski definition) is 4. The van der Waals surface area contributed by atoms with Gasteiger partial charge >= 0.3 is 5.97 Å². The molecule has 6 heteroatoms. The topological polar surface area (TPSA) is 102 Å². The Morgan fingerprint density at radius 3 is 2.67 bits per heavy atom. The van der Waals surface area contributed by atoms with Gasteiger partial charge in [-0.2, -0.15) is 0 Å². The monoisotopic (exact) mass is 292 g/mol. The molecule has 1 amide bonds. The average molecular weight is 292 g/mol. The molecule has 2 rings (SSSR count). The first kappa shape index (κ1) is 15.3. The van der Waals surface area contributed by atoms with E-state index < -0.39 is 11.4 Å². The normalized spacial score (nSPS) is 17.2. The number of carbonyl (C=O) groups excluding carboxylic acids is 1. The maximum atomic E-state index is 12.2. The van der Waals surface area contributed by atoms with Gasteiger partial charge < -0.3 is 20.9 Å². The van der Waals surface area contributed by atoms with Crippen LogP contribution in [0.15, 0.2) is 18.2 Å². The van der Waals surface area contributed by atoms with Crippen molar-refractivity contribution in [2.24, 2.45) is 5.41 Å². The Balaban J connectivity index is 2.09. The van der Waals surface area contributed by atoms with E-state index in [1.165, 1.54) is 0 Å². The first-order valence-corrected chi connectivity index (χ1v) is 6.91. The molecule has 0 spiro atoms. The number of hydrogen-bond donors (Lipinski definition) is 3. The van der Waals surface area contributed by atoms with Gasteiger partial charge in [0.1, 0.15) is 0 Å². The summed E-state index contributed by atoms with van der Waals surface area (Å²) in [5, 5.41) is 12.2. The lowest BCUT2D eigenvalue weighted by Crippen LogP contribution is -2.46. The van der Waals surface area contributed by atoms with Gasteiger partial charge in [0.25, 0.3) is 5.91 Å². The average Bonchev–Trinajstić information content (AvgIpc) is 2.48. The highest BCUT2D eigenvalue weighted by Gasteiger charge is 2.40. The van der Waals surface area contributed by atoms with Crippen molar-refractivity contribution in [2.45, 2.75) is 19.8 Å². The van der Waals surface area contributed by atoms with Gasteiger partial charge in [-0.1, -0.05) is 6.07 Å². The van der Waals surface area contributed by atoms with Gasteiger partial charge in [0.15, 0.2) is 0 Å². The van der Waals surface area contributed by atoms with Crippen molar-refractivity contribution >= 4 is 17.6 Å². The summed E-state index contributed by atoms with van der Waals surface area (Å²) in [4.78, 5) is 23.8. The maximum absolute atomic E-state index is 12.2. The molecule has 114 valence electrons. The van der Waals surface area contributed by atoms with Crippen LogP contribution in [0.4, 0.5) is 5.69 Å². The molecule has 1 heterocycles. The van der Waals surface area contributed by atoms with Crippen LogP contribution in [0, 0.1) is 12.3 Å². The Kier molecular flexibility index (Phi) is 4.47. The lowest BCUT2D eigenvalue weighted by Gasteiger charge is -2.33. The fraction of sp³-hybridized carbons (Fsp3) is 0.467. The Morgan fingerprint density at radius 2 is 2.05 bits per heavy atom. The van der Waals surface area contributed by atoms with Crippen molar-refractivity contribution in [3.63, 3.8) is 0 Å². The van der Waals surface area contributed by atoms with Gasteiger partial charge in [0.2, 0.25) is 0 Å². The second kappa shape index (κ2) is 6.13. The molecule has 1 aliphatic heterocycles. The fourth-order valence-electron chi connectivity index (χ4n) is 2.47. The molecule has 0 saturated carbocycles. The highest BCUT2D eigenvalue weighted by Crippen LogP contribution is 2.30.